The average Bonchev–Trinajstić information content (AvgIpc) is 2.16. The molecule has 0 aliphatic carbocycles. The van der Waals surface area contributed by atoms with Gasteiger partial charge in [-0.1, -0.05) is 28.9 Å². The van der Waals surface area contributed by atoms with Gasteiger partial charge < -0.3 is 5.73 Å². The highest BCUT2D eigenvalue weighted by molar-refractivity contribution is 9.10. The predicted molar refractivity (Wildman–Crippen MR) is 56.6 cm³/mol. The van der Waals surface area contributed by atoms with Gasteiger partial charge in [-0.2, -0.15) is 0 Å². The lowest BCUT2D eigenvalue weighted by atomic mass is 9.96. The molecule has 14 heavy (non-hydrogen) atoms. The Morgan fingerprint density at radius 2 is 2.00 bits per heavy atom. The van der Waals surface area contributed by atoms with Gasteiger partial charge in [-0.15, -0.1) is 0 Å². The quantitative estimate of drug-likeness (QED) is 0.889. The van der Waals surface area contributed by atoms with Crippen LogP contribution in [0.15, 0.2) is 22.7 Å². The molecular formula is C10H12BrF2N. The first-order chi connectivity index (χ1) is 6.56. The van der Waals surface area contributed by atoms with Gasteiger partial charge in [0, 0.05) is 10.0 Å². The van der Waals surface area contributed by atoms with Gasteiger partial charge in [-0.05, 0) is 30.2 Å². The minimum absolute atomic E-state index is 0.0449. The minimum atomic E-state index is -2.44. The van der Waals surface area contributed by atoms with Crippen LogP contribution in [0.2, 0.25) is 0 Å². The topological polar surface area (TPSA) is 26.0 Å². The monoisotopic (exact) mass is 263 g/mol. The summed E-state index contributed by atoms with van der Waals surface area (Å²) in [6.45, 7) is 2.21. The molecular weight excluding hydrogens is 252 g/mol. The summed E-state index contributed by atoms with van der Waals surface area (Å²) in [5, 5.41) is 0. The van der Waals surface area contributed by atoms with Crippen molar-refractivity contribution in [2.75, 3.05) is 6.54 Å². The van der Waals surface area contributed by atoms with Gasteiger partial charge in [0.25, 0.3) is 6.43 Å². The van der Waals surface area contributed by atoms with Crippen LogP contribution in [0, 0.1) is 0 Å². The van der Waals surface area contributed by atoms with E-state index in [1.807, 2.05) is 6.92 Å². The molecule has 2 N–H and O–H groups in total. The van der Waals surface area contributed by atoms with E-state index in [9.17, 15) is 8.78 Å². The summed E-state index contributed by atoms with van der Waals surface area (Å²) in [7, 11) is 0. The highest BCUT2D eigenvalue weighted by atomic mass is 79.9. The molecule has 0 heterocycles. The van der Waals surface area contributed by atoms with Gasteiger partial charge in [-0.25, -0.2) is 8.78 Å². The third kappa shape index (κ3) is 2.51. The Morgan fingerprint density at radius 1 is 1.36 bits per heavy atom. The SMILES string of the molecule is CC(CN)c1cc(Br)ccc1C(F)F. The molecule has 1 nitrogen and oxygen atoms in total. The first kappa shape index (κ1) is 11.6. The molecule has 78 valence electrons. The van der Waals surface area contributed by atoms with Gasteiger partial charge in [0.05, 0.1) is 0 Å². The number of nitrogens with two attached hydrogens (primary N) is 1. The standard InChI is InChI=1S/C10H12BrF2N/c1-6(5-14)9-4-7(11)2-3-8(9)10(12)13/h2-4,6,10H,5,14H2,1H3. The summed E-state index contributed by atoms with van der Waals surface area (Å²) in [5.41, 5.74) is 6.16. The van der Waals surface area contributed by atoms with Crippen LogP contribution in [0.25, 0.3) is 0 Å². The minimum Gasteiger partial charge on any atom is -0.330 e. The molecule has 0 amide bonds. The number of alkyl halides is 2. The molecule has 1 rings (SSSR count). The molecule has 4 heteroatoms. The van der Waals surface area contributed by atoms with Crippen molar-refractivity contribution in [3.63, 3.8) is 0 Å². The lowest BCUT2D eigenvalue weighted by molar-refractivity contribution is 0.150. The van der Waals surface area contributed by atoms with Crippen LogP contribution in [0.5, 0.6) is 0 Å². The van der Waals surface area contributed by atoms with Crippen molar-refractivity contribution in [2.24, 2.45) is 5.73 Å². The van der Waals surface area contributed by atoms with Crippen LogP contribution in [-0.2, 0) is 0 Å². The van der Waals surface area contributed by atoms with E-state index in [1.54, 1.807) is 12.1 Å². The highest BCUT2D eigenvalue weighted by Crippen LogP contribution is 2.30. The second-order valence-electron chi connectivity index (χ2n) is 3.21. The van der Waals surface area contributed by atoms with Gasteiger partial charge in [0.2, 0.25) is 0 Å². The Morgan fingerprint density at radius 3 is 2.50 bits per heavy atom. The predicted octanol–water partition coefficient (Wildman–Crippen LogP) is 3.45. The Hall–Kier alpha value is -0.480. The van der Waals surface area contributed by atoms with E-state index in [2.05, 4.69) is 15.9 Å². The van der Waals surface area contributed by atoms with Crippen molar-refractivity contribution in [1.29, 1.82) is 0 Å². The van der Waals surface area contributed by atoms with E-state index in [-0.39, 0.29) is 11.5 Å². The number of halogens is 3. The van der Waals surface area contributed by atoms with Crippen molar-refractivity contribution >= 4 is 15.9 Å². The number of benzene rings is 1. The van der Waals surface area contributed by atoms with Gasteiger partial charge in [-0.3, -0.25) is 0 Å². The van der Waals surface area contributed by atoms with E-state index in [0.29, 0.717) is 12.1 Å². The molecule has 0 aliphatic rings. The molecule has 0 spiro atoms. The summed E-state index contributed by atoms with van der Waals surface area (Å²) in [6.07, 6.45) is -2.44. The Labute approximate surface area is 90.4 Å². The molecule has 0 saturated carbocycles. The molecule has 1 atom stereocenters. The summed E-state index contributed by atoms with van der Waals surface area (Å²) in [4.78, 5) is 0. The summed E-state index contributed by atoms with van der Waals surface area (Å²) in [6, 6.07) is 4.77. The summed E-state index contributed by atoms with van der Waals surface area (Å²) < 4.78 is 26.0. The molecule has 0 aliphatic heterocycles. The van der Waals surface area contributed by atoms with Crippen LogP contribution < -0.4 is 5.73 Å². The molecule has 0 aromatic heterocycles. The Bertz CT molecular complexity index is 315. The number of hydrogen-bond acceptors (Lipinski definition) is 1. The number of rotatable bonds is 3. The summed E-state index contributed by atoms with van der Waals surface area (Å²) in [5.74, 6) is -0.0449. The van der Waals surface area contributed by atoms with Crippen molar-refractivity contribution < 1.29 is 8.78 Å². The molecule has 1 unspecified atom stereocenters. The maximum atomic E-state index is 12.6. The van der Waals surface area contributed by atoms with Crippen LogP contribution in [0.1, 0.15) is 30.4 Å². The van der Waals surface area contributed by atoms with E-state index in [0.717, 1.165) is 4.47 Å². The largest absolute Gasteiger partial charge is 0.330 e. The zero-order valence-electron chi connectivity index (χ0n) is 7.81. The highest BCUT2D eigenvalue weighted by Gasteiger charge is 2.16. The molecule has 0 radical (unpaired) electrons. The average molecular weight is 264 g/mol. The van der Waals surface area contributed by atoms with Crippen LogP contribution >= 0.6 is 15.9 Å². The Kier molecular flexibility index (Phi) is 4.01. The van der Waals surface area contributed by atoms with Crippen LogP contribution in [0.3, 0.4) is 0 Å². The Balaban J connectivity index is 3.15. The molecule has 0 bridgehead atoms. The van der Waals surface area contributed by atoms with E-state index in [1.165, 1.54) is 6.07 Å². The normalized spacial score (nSPS) is 13.3. The van der Waals surface area contributed by atoms with Gasteiger partial charge in [0.15, 0.2) is 0 Å². The third-order valence-electron chi connectivity index (χ3n) is 2.17. The van der Waals surface area contributed by atoms with Crippen molar-refractivity contribution in [1.82, 2.24) is 0 Å². The second-order valence-corrected chi connectivity index (χ2v) is 4.13. The van der Waals surface area contributed by atoms with Crippen molar-refractivity contribution in [3.05, 3.63) is 33.8 Å². The van der Waals surface area contributed by atoms with E-state index in [4.69, 9.17) is 5.73 Å². The maximum Gasteiger partial charge on any atom is 0.264 e. The fourth-order valence-corrected chi connectivity index (χ4v) is 1.68. The lowest BCUT2D eigenvalue weighted by Gasteiger charge is -2.14. The fraction of sp³-hybridized carbons (Fsp3) is 0.400. The van der Waals surface area contributed by atoms with Crippen molar-refractivity contribution in [2.45, 2.75) is 19.3 Å². The van der Waals surface area contributed by atoms with E-state index < -0.39 is 6.43 Å². The fourth-order valence-electron chi connectivity index (χ4n) is 1.30. The number of hydrogen-bond donors (Lipinski definition) is 1. The molecule has 0 saturated heterocycles. The lowest BCUT2D eigenvalue weighted by Crippen LogP contribution is -2.11. The second kappa shape index (κ2) is 4.84. The smallest absolute Gasteiger partial charge is 0.264 e. The van der Waals surface area contributed by atoms with Crippen LogP contribution in [0.4, 0.5) is 8.78 Å². The first-order valence-electron chi connectivity index (χ1n) is 4.33. The van der Waals surface area contributed by atoms with Gasteiger partial charge >= 0.3 is 0 Å². The van der Waals surface area contributed by atoms with Crippen LogP contribution in [-0.4, -0.2) is 6.54 Å². The molecule has 1 aromatic rings. The van der Waals surface area contributed by atoms with E-state index >= 15 is 0 Å². The third-order valence-corrected chi connectivity index (χ3v) is 2.66. The maximum absolute atomic E-state index is 12.6. The zero-order chi connectivity index (χ0) is 10.7. The molecule has 1 aromatic carbocycles. The summed E-state index contributed by atoms with van der Waals surface area (Å²) >= 11 is 3.26. The zero-order valence-corrected chi connectivity index (χ0v) is 9.39. The first-order valence-corrected chi connectivity index (χ1v) is 5.13. The van der Waals surface area contributed by atoms with Crippen molar-refractivity contribution in [3.8, 4) is 0 Å². The molecule has 0 fully saturated rings. The van der Waals surface area contributed by atoms with Gasteiger partial charge in [0.1, 0.15) is 0 Å².